The first kappa shape index (κ1) is 24.2. The standard InChI is InChI=1S/C22H14NO2.C5H8O2.Ir/c1-24-15-12-10-14(11-13-15)21-22-20(16-6-2-4-8-18(16)23-21)17-7-3-5-9-19(17)25-22;1-4(6)3-5(2)7;/h2-10,12-13H,1H3;3,6H,1-2H3;/q-1;;/b;4-3-;. The smallest absolute Gasteiger partial charge is 0.155 e. The molecule has 0 atom stereocenters. The number of pyridine rings is 1. The quantitative estimate of drug-likeness (QED) is 0.140. The van der Waals surface area contributed by atoms with Crippen LogP contribution in [0, 0.1) is 6.07 Å². The van der Waals surface area contributed by atoms with E-state index in [2.05, 4.69) is 18.2 Å². The fraction of sp³-hybridized carbons (Fsp3) is 0.111. The number of hydrogen-bond acceptors (Lipinski definition) is 5. The van der Waals surface area contributed by atoms with E-state index in [4.69, 9.17) is 19.2 Å². The van der Waals surface area contributed by atoms with Crippen molar-refractivity contribution in [3.05, 3.63) is 84.6 Å². The summed E-state index contributed by atoms with van der Waals surface area (Å²) in [5.74, 6) is 0.706. The molecule has 5 rings (SSSR count). The summed E-state index contributed by atoms with van der Waals surface area (Å²) >= 11 is 0. The number of ketones is 1. The van der Waals surface area contributed by atoms with Crippen LogP contribution in [0.15, 0.2) is 83.0 Å². The first-order valence-corrected chi connectivity index (χ1v) is 10.1. The van der Waals surface area contributed by atoms with Crippen LogP contribution in [-0.2, 0) is 24.9 Å². The van der Waals surface area contributed by atoms with Gasteiger partial charge in [0, 0.05) is 53.8 Å². The Bertz CT molecular complexity index is 1450. The number of ether oxygens (including phenoxy) is 1. The van der Waals surface area contributed by atoms with E-state index in [0.717, 1.165) is 49.8 Å². The van der Waals surface area contributed by atoms with Gasteiger partial charge in [0.05, 0.1) is 18.4 Å². The molecule has 33 heavy (non-hydrogen) atoms. The molecule has 169 valence electrons. The molecule has 6 heteroatoms. The third kappa shape index (κ3) is 5.14. The van der Waals surface area contributed by atoms with Crippen LogP contribution in [0.2, 0.25) is 0 Å². The number of allylic oxidation sites excluding steroid dienone is 2. The van der Waals surface area contributed by atoms with Gasteiger partial charge in [-0.05, 0) is 26.0 Å². The Morgan fingerprint density at radius 2 is 1.73 bits per heavy atom. The Labute approximate surface area is 205 Å². The molecule has 5 aromatic rings. The predicted molar refractivity (Wildman–Crippen MR) is 127 cm³/mol. The molecule has 0 aliphatic carbocycles. The molecule has 0 saturated heterocycles. The van der Waals surface area contributed by atoms with E-state index in [1.807, 2.05) is 54.6 Å². The van der Waals surface area contributed by atoms with Gasteiger partial charge >= 0.3 is 0 Å². The van der Waals surface area contributed by atoms with Crippen LogP contribution >= 0.6 is 0 Å². The van der Waals surface area contributed by atoms with Gasteiger partial charge in [-0.1, -0.05) is 36.4 Å². The normalized spacial score (nSPS) is 11.1. The Kier molecular flexibility index (Phi) is 7.64. The van der Waals surface area contributed by atoms with Crippen molar-refractivity contribution < 1.29 is 39.2 Å². The van der Waals surface area contributed by atoms with E-state index in [-0.39, 0.29) is 31.6 Å². The number of aliphatic hydroxyl groups excluding tert-OH is 1. The van der Waals surface area contributed by atoms with Gasteiger partial charge < -0.3 is 14.3 Å². The molecule has 1 N–H and O–H groups in total. The zero-order valence-electron chi connectivity index (χ0n) is 18.4. The van der Waals surface area contributed by atoms with Gasteiger partial charge in [-0.2, -0.15) is 0 Å². The first-order valence-electron chi connectivity index (χ1n) is 10.1. The number of benzene rings is 3. The van der Waals surface area contributed by atoms with Crippen molar-refractivity contribution in [1.82, 2.24) is 4.98 Å². The van der Waals surface area contributed by atoms with Gasteiger partial charge in [0.1, 0.15) is 11.2 Å². The van der Waals surface area contributed by atoms with E-state index >= 15 is 0 Å². The average Bonchev–Trinajstić information content (AvgIpc) is 3.18. The van der Waals surface area contributed by atoms with Crippen molar-refractivity contribution in [2.45, 2.75) is 13.8 Å². The summed E-state index contributed by atoms with van der Waals surface area (Å²) in [4.78, 5) is 14.9. The van der Waals surface area contributed by atoms with E-state index in [9.17, 15) is 4.79 Å². The van der Waals surface area contributed by atoms with Crippen molar-refractivity contribution in [2.75, 3.05) is 7.11 Å². The van der Waals surface area contributed by atoms with Gasteiger partial charge in [0.2, 0.25) is 0 Å². The van der Waals surface area contributed by atoms with E-state index < -0.39 is 0 Å². The summed E-state index contributed by atoms with van der Waals surface area (Å²) in [7, 11) is 1.65. The molecule has 5 nitrogen and oxygen atoms in total. The molecule has 2 heterocycles. The van der Waals surface area contributed by atoms with Gasteiger partial charge in [-0.15, -0.1) is 29.8 Å². The van der Waals surface area contributed by atoms with Gasteiger partial charge in [0.25, 0.3) is 0 Å². The fourth-order valence-corrected chi connectivity index (χ4v) is 3.59. The summed E-state index contributed by atoms with van der Waals surface area (Å²) in [5, 5.41) is 11.7. The molecule has 0 fully saturated rings. The molecular weight excluding hydrogens is 595 g/mol. The van der Waals surface area contributed by atoms with Crippen LogP contribution in [-0.4, -0.2) is 23.0 Å². The van der Waals surface area contributed by atoms with Gasteiger partial charge in [-0.3, -0.25) is 9.78 Å². The topological polar surface area (TPSA) is 72.6 Å². The van der Waals surface area contributed by atoms with Crippen molar-refractivity contribution in [2.24, 2.45) is 0 Å². The number of furan rings is 1. The molecule has 3 aromatic carbocycles. The second kappa shape index (κ2) is 10.4. The minimum absolute atomic E-state index is 0. The Morgan fingerprint density at radius 3 is 2.33 bits per heavy atom. The SMILES string of the molecule is CC(=O)/C=C(/C)O.COc1c[c-]c(-c2nc3ccccc3c3c2oc2ccccc23)cc1.[Ir]. The van der Waals surface area contributed by atoms with E-state index in [0.29, 0.717) is 0 Å². The Hall–Kier alpha value is -3.47. The van der Waals surface area contributed by atoms with Crippen molar-refractivity contribution >= 4 is 38.6 Å². The molecule has 0 spiro atoms. The molecule has 0 amide bonds. The third-order valence-electron chi connectivity index (χ3n) is 4.90. The van der Waals surface area contributed by atoms with Crippen molar-refractivity contribution in [1.29, 1.82) is 0 Å². The maximum Gasteiger partial charge on any atom is 0.155 e. The van der Waals surface area contributed by atoms with Gasteiger partial charge in [-0.25, -0.2) is 0 Å². The Balaban J connectivity index is 0.000000337. The fourth-order valence-electron chi connectivity index (χ4n) is 3.59. The first-order chi connectivity index (χ1) is 15.5. The average molecular weight is 617 g/mol. The molecule has 0 unspecified atom stereocenters. The molecule has 0 saturated carbocycles. The second-order valence-corrected chi connectivity index (χ2v) is 7.32. The molecule has 1 radical (unpaired) electrons. The van der Waals surface area contributed by atoms with Crippen LogP contribution in [0.4, 0.5) is 0 Å². The molecule has 0 aliphatic rings. The van der Waals surface area contributed by atoms with Crippen molar-refractivity contribution in [3.8, 4) is 17.0 Å². The summed E-state index contributed by atoms with van der Waals surface area (Å²) in [6.07, 6.45) is 1.17. The number of para-hydroxylation sites is 2. The van der Waals surface area contributed by atoms with E-state index in [1.165, 1.54) is 19.9 Å². The molecule has 0 aliphatic heterocycles. The second-order valence-electron chi connectivity index (χ2n) is 7.32. The van der Waals surface area contributed by atoms with Crippen LogP contribution in [0.25, 0.3) is 44.1 Å². The number of nitrogens with zero attached hydrogens (tertiary/aromatic N) is 1. The maximum absolute atomic E-state index is 10.0. The molecule has 2 aromatic heterocycles. The molecular formula is C27H22IrNO4-. The summed E-state index contributed by atoms with van der Waals surface area (Å²) in [6, 6.07) is 25.2. The maximum atomic E-state index is 10.0. The largest absolute Gasteiger partial charge is 0.540 e. The number of rotatable bonds is 3. The van der Waals surface area contributed by atoms with Gasteiger partial charge in [0.15, 0.2) is 5.78 Å². The number of aliphatic hydroxyl groups is 1. The van der Waals surface area contributed by atoms with Crippen LogP contribution in [0.1, 0.15) is 13.8 Å². The number of carbonyl (C=O) groups is 1. The monoisotopic (exact) mass is 617 g/mol. The number of fused-ring (bicyclic) bond motifs is 5. The zero-order valence-corrected chi connectivity index (χ0v) is 20.8. The number of carbonyl (C=O) groups excluding carboxylic acids is 1. The number of methoxy groups -OCH3 is 1. The van der Waals surface area contributed by atoms with Crippen molar-refractivity contribution in [3.63, 3.8) is 0 Å². The minimum atomic E-state index is -0.125. The number of hydrogen-bond donors (Lipinski definition) is 1. The van der Waals surface area contributed by atoms with E-state index in [1.54, 1.807) is 7.11 Å². The minimum Gasteiger partial charge on any atom is -0.540 e. The Morgan fingerprint density at radius 1 is 1.03 bits per heavy atom. The zero-order chi connectivity index (χ0) is 22.7. The van der Waals surface area contributed by atoms with Crippen LogP contribution in [0.5, 0.6) is 5.75 Å². The predicted octanol–water partition coefficient (Wildman–Crippen LogP) is 6.64. The van der Waals surface area contributed by atoms with Crippen LogP contribution < -0.4 is 4.74 Å². The summed E-state index contributed by atoms with van der Waals surface area (Å²) < 4.78 is 11.4. The summed E-state index contributed by atoms with van der Waals surface area (Å²) in [6.45, 7) is 2.85. The van der Waals surface area contributed by atoms with Crippen LogP contribution in [0.3, 0.4) is 0 Å². The third-order valence-corrected chi connectivity index (χ3v) is 4.90. The summed E-state index contributed by atoms with van der Waals surface area (Å²) in [5.41, 5.74) is 4.29. The molecule has 0 bridgehead atoms. The number of aromatic nitrogens is 1.